The quantitative estimate of drug-likeness (QED) is 0.626. The van der Waals surface area contributed by atoms with Gasteiger partial charge in [0, 0.05) is 9.92 Å². The van der Waals surface area contributed by atoms with Gasteiger partial charge in [-0.3, -0.25) is 0 Å². The molecule has 1 aromatic rings. The molecule has 0 aliphatic carbocycles. The molecule has 0 fully saturated rings. The molecular formula is C8H8Cl2S. The highest BCUT2D eigenvalue weighted by atomic mass is 35.5. The van der Waals surface area contributed by atoms with E-state index in [1.807, 2.05) is 25.3 Å². The SMILES string of the molecule is CSc1ccc(Cl)c(C)c1Cl. The lowest BCUT2D eigenvalue weighted by atomic mass is 10.2. The zero-order valence-electron chi connectivity index (χ0n) is 6.32. The zero-order chi connectivity index (χ0) is 8.43. The van der Waals surface area contributed by atoms with Crippen molar-refractivity contribution in [1.82, 2.24) is 0 Å². The molecule has 0 nitrogen and oxygen atoms in total. The minimum Gasteiger partial charge on any atom is -0.128 e. The first kappa shape index (κ1) is 9.24. The van der Waals surface area contributed by atoms with Crippen LogP contribution in [0.4, 0.5) is 0 Å². The smallest absolute Gasteiger partial charge is 0.0585 e. The molecule has 0 aliphatic rings. The van der Waals surface area contributed by atoms with Crippen LogP contribution >= 0.6 is 35.0 Å². The van der Waals surface area contributed by atoms with Crippen LogP contribution in [0, 0.1) is 6.92 Å². The summed E-state index contributed by atoms with van der Waals surface area (Å²) in [6.45, 7) is 1.92. The molecule has 0 unspecified atom stereocenters. The first-order valence-electron chi connectivity index (χ1n) is 3.15. The van der Waals surface area contributed by atoms with Gasteiger partial charge in [-0.25, -0.2) is 0 Å². The first-order valence-corrected chi connectivity index (χ1v) is 5.13. The van der Waals surface area contributed by atoms with Crippen molar-refractivity contribution in [2.75, 3.05) is 6.26 Å². The molecule has 0 aliphatic heterocycles. The van der Waals surface area contributed by atoms with Gasteiger partial charge in [-0.15, -0.1) is 11.8 Å². The molecule has 0 spiro atoms. The molecule has 3 heteroatoms. The Balaban J connectivity index is 3.25. The summed E-state index contributed by atoms with van der Waals surface area (Å²) in [5.41, 5.74) is 0.959. The molecule has 0 atom stereocenters. The summed E-state index contributed by atoms with van der Waals surface area (Å²) in [5, 5.41) is 1.50. The van der Waals surface area contributed by atoms with Crippen molar-refractivity contribution in [3.05, 3.63) is 27.7 Å². The molecule has 1 aromatic carbocycles. The van der Waals surface area contributed by atoms with Crippen LogP contribution < -0.4 is 0 Å². The molecule has 0 N–H and O–H groups in total. The lowest BCUT2D eigenvalue weighted by Gasteiger charge is -2.04. The van der Waals surface area contributed by atoms with E-state index in [-0.39, 0.29) is 0 Å². The van der Waals surface area contributed by atoms with E-state index in [0.29, 0.717) is 0 Å². The average Bonchev–Trinajstić information content (AvgIpc) is 2.01. The van der Waals surface area contributed by atoms with Crippen molar-refractivity contribution >= 4 is 35.0 Å². The minimum absolute atomic E-state index is 0.729. The highest BCUT2D eigenvalue weighted by Gasteiger charge is 2.04. The predicted molar refractivity (Wildman–Crippen MR) is 53.0 cm³/mol. The standard InChI is InChI=1S/C8H8Cl2S/c1-5-6(9)3-4-7(11-2)8(5)10/h3-4H,1-2H3. The largest absolute Gasteiger partial charge is 0.128 e. The Morgan fingerprint density at radius 3 is 2.45 bits per heavy atom. The monoisotopic (exact) mass is 206 g/mol. The van der Waals surface area contributed by atoms with Crippen molar-refractivity contribution < 1.29 is 0 Å². The topological polar surface area (TPSA) is 0 Å². The van der Waals surface area contributed by atoms with Crippen LogP contribution in [0.2, 0.25) is 10.0 Å². The molecule has 1 rings (SSSR count). The van der Waals surface area contributed by atoms with E-state index >= 15 is 0 Å². The Labute approximate surface area is 80.9 Å². The minimum atomic E-state index is 0.729. The molecular weight excluding hydrogens is 199 g/mol. The fraction of sp³-hybridized carbons (Fsp3) is 0.250. The van der Waals surface area contributed by atoms with Crippen LogP contribution in [0.3, 0.4) is 0 Å². The Morgan fingerprint density at radius 2 is 1.91 bits per heavy atom. The number of hydrogen-bond acceptors (Lipinski definition) is 1. The lowest BCUT2D eigenvalue weighted by molar-refractivity contribution is 1.36. The van der Waals surface area contributed by atoms with Crippen LogP contribution in [-0.4, -0.2) is 6.26 Å². The molecule has 60 valence electrons. The van der Waals surface area contributed by atoms with Gasteiger partial charge >= 0.3 is 0 Å². The van der Waals surface area contributed by atoms with Crippen molar-refractivity contribution in [3.63, 3.8) is 0 Å². The summed E-state index contributed by atoms with van der Waals surface area (Å²) in [4.78, 5) is 1.08. The summed E-state index contributed by atoms with van der Waals surface area (Å²) in [7, 11) is 0. The summed E-state index contributed by atoms with van der Waals surface area (Å²) in [6, 6.07) is 3.80. The van der Waals surface area contributed by atoms with Gasteiger partial charge in [0.25, 0.3) is 0 Å². The van der Waals surface area contributed by atoms with Gasteiger partial charge < -0.3 is 0 Å². The van der Waals surface area contributed by atoms with Gasteiger partial charge in [0.15, 0.2) is 0 Å². The molecule has 0 heterocycles. The number of hydrogen-bond donors (Lipinski definition) is 0. The van der Waals surface area contributed by atoms with Gasteiger partial charge in [-0.05, 0) is 30.9 Å². The lowest BCUT2D eigenvalue weighted by Crippen LogP contribution is -1.80. The maximum atomic E-state index is 5.99. The molecule has 0 bridgehead atoms. The van der Waals surface area contributed by atoms with Crippen LogP contribution in [0.5, 0.6) is 0 Å². The Kier molecular flexibility index (Phi) is 3.11. The maximum absolute atomic E-state index is 5.99. The molecule has 0 aromatic heterocycles. The number of rotatable bonds is 1. The van der Waals surface area contributed by atoms with Crippen LogP contribution in [0.25, 0.3) is 0 Å². The average molecular weight is 207 g/mol. The normalized spacial score (nSPS) is 10.2. The van der Waals surface area contributed by atoms with E-state index in [1.165, 1.54) is 0 Å². The molecule has 0 saturated carbocycles. The summed E-state index contributed by atoms with van der Waals surface area (Å²) >= 11 is 13.5. The van der Waals surface area contributed by atoms with Gasteiger partial charge in [0.1, 0.15) is 0 Å². The van der Waals surface area contributed by atoms with E-state index in [2.05, 4.69) is 0 Å². The second-order valence-corrected chi connectivity index (χ2v) is 3.82. The van der Waals surface area contributed by atoms with Crippen molar-refractivity contribution in [3.8, 4) is 0 Å². The third kappa shape index (κ3) is 1.84. The van der Waals surface area contributed by atoms with E-state index in [0.717, 1.165) is 20.5 Å². The molecule has 0 amide bonds. The van der Waals surface area contributed by atoms with Crippen molar-refractivity contribution in [1.29, 1.82) is 0 Å². The number of thioether (sulfide) groups is 1. The van der Waals surface area contributed by atoms with E-state index in [9.17, 15) is 0 Å². The van der Waals surface area contributed by atoms with E-state index < -0.39 is 0 Å². The van der Waals surface area contributed by atoms with Crippen molar-refractivity contribution in [2.45, 2.75) is 11.8 Å². The summed E-state index contributed by atoms with van der Waals surface area (Å²) in [6.07, 6.45) is 1.99. The van der Waals surface area contributed by atoms with Gasteiger partial charge in [-0.1, -0.05) is 23.2 Å². The fourth-order valence-corrected chi connectivity index (χ4v) is 1.93. The highest BCUT2D eigenvalue weighted by molar-refractivity contribution is 7.98. The Morgan fingerprint density at radius 1 is 1.27 bits per heavy atom. The van der Waals surface area contributed by atoms with E-state index in [4.69, 9.17) is 23.2 Å². The number of benzene rings is 1. The summed E-state index contributed by atoms with van der Waals surface area (Å²) < 4.78 is 0. The maximum Gasteiger partial charge on any atom is 0.0585 e. The van der Waals surface area contributed by atoms with Crippen LogP contribution in [-0.2, 0) is 0 Å². The summed E-state index contributed by atoms with van der Waals surface area (Å²) in [5.74, 6) is 0. The fourth-order valence-electron chi connectivity index (χ4n) is 0.794. The van der Waals surface area contributed by atoms with Gasteiger partial charge in [-0.2, -0.15) is 0 Å². The van der Waals surface area contributed by atoms with Crippen LogP contribution in [0.1, 0.15) is 5.56 Å². The molecule has 0 saturated heterocycles. The van der Waals surface area contributed by atoms with Crippen LogP contribution in [0.15, 0.2) is 17.0 Å². The Hall–Kier alpha value is 0.150. The third-order valence-corrected chi connectivity index (χ3v) is 3.29. The first-order chi connectivity index (χ1) is 5.16. The third-order valence-electron chi connectivity index (χ3n) is 1.50. The number of halogens is 2. The molecule has 11 heavy (non-hydrogen) atoms. The predicted octanol–water partition coefficient (Wildman–Crippen LogP) is 4.02. The Bertz CT molecular complexity index is 271. The second kappa shape index (κ2) is 3.70. The highest BCUT2D eigenvalue weighted by Crippen LogP contribution is 2.32. The van der Waals surface area contributed by atoms with E-state index in [1.54, 1.807) is 11.8 Å². The molecule has 0 radical (unpaired) electrons. The van der Waals surface area contributed by atoms with Crippen molar-refractivity contribution in [2.24, 2.45) is 0 Å². The van der Waals surface area contributed by atoms with Gasteiger partial charge in [0.05, 0.1) is 5.02 Å². The second-order valence-electron chi connectivity index (χ2n) is 2.19. The van der Waals surface area contributed by atoms with Gasteiger partial charge in [0.2, 0.25) is 0 Å². The zero-order valence-corrected chi connectivity index (χ0v) is 8.65.